The summed E-state index contributed by atoms with van der Waals surface area (Å²) >= 11 is 12.0. The molecule has 0 radical (unpaired) electrons. The molecule has 0 aliphatic heterocycles. The summed E-state index contributed by atoms with van der Waals surface area (Å²) in [4.78, 5) is 10.8. The number of nitrogens with two attached hydrogens (primary N) is 2. The molecule has 1 atom stereocenters. The molecular weight excluding hydrogens is 303 g/mol. The lowest BCUT2D eigenvalue weighted by atomic mass is 10.1. The number of primary amides is 1. The van der Waals surface area contributed by atoms with Crippen molar-refractivity contribution in [1.29, 1.82) is 0 Å². The molecule has 0 fully saturated rings. The van der Waals surface area contributed by atoms with Crippen molar-refractivity contribution in [3.63, 3.8) is 0 Å². The first-order chi connectivity index (χ1) is 9.47. The molecule has 0 aliphatic rings. The van der Waals surface area contributed by atoms with E-state index >= 15 is 0 Å². The second-order valence-corrected chi connectivity index (χ2v) is 5.27. The number of ether oxygens (including phenoxy) is 1. The van der Waals surface area contributed by atoms with E-state index in [1.54, 1.807) is 12.1 Å². The molecule has 20 heavy (non-hydrogen) atoms. The molecule has 5 N–H and O–H groups in total. The Morgan fingerprint density at radius 2 is 2.20 bits per heavy atom. The van der Waals surface area contributed by atoms with Crippen molar-refractivity contribution in [2.75, 3.05) is 13.2 Å². The maximum absolute atomic E-state index is 10.8. The van der Waals surface area contributed by atoms with E-state index in [-0.39, 0.29) is 19.3 Å². The van der Waals surface area contributed by atoms with E-state index in [2.05, 4.69) is 0 Å². The van der Waals surface area contributed by atoms with Crippen LogP contribution in [0.2, 0.25) is 10.0 Å². The smallest absolute Gasteiger partial charge is 0.255 e. The number of aliphatic hydroxyl groups excluding tert-OH is 1. The lowest BCUT2D eigenvalue weighted by Crippen LogP contribution is -2.89. The van der Waals surface area contributed by atoms with Crippen LogP contribution in [0.15, 0.2) is 12.1 Å². The maximum Gasteiger partial charge on any atom is 0.255 e. The third-order valence-corrected chi connectivity index (χ3v) is 3.37. The Hall–Kier alpha value is -1.01. The highest BCUT2D eigenvalue weighted by Gasteiger charge is 2.15. The zero-order valence-electron chi connectivity index (χ0n) is 11.2. The zero-order valence-corrected chi connectivity index (χ0v) is 12.7. The van der Waals surface area contributed by atoms with Crippen molar-refractivity contribution in [2.24, 2.45) is 5.73 Å². The SMILES string of the molecule is CC[C@H](CO)[NH2+]Cc1cc(Cl)cc(Cl)c1OCC(N)=O. The van der Waals surface area contributed by atoms with E-state index in [1.165, 1.54) is 0 Å². The van der Waals surface area contributed by atoms with Crippen molar-refractivity contribution >= 4 is 29.1 Å². The van der Waals surface area contributed by atoms with E-state index in [0.29, 0.717) is 22.3 Å². The molecule has 0 heterocycles. The molecular formula is C13H19Cl2N2O3+. The van der Waals surface area contributed by atoms with Gasteiger partial charge in [0.2, 0.25) is 0 Å². The number of aliphatic hydroxyl groups is 1. The van der Waals surface area contributed by atoms with Gasteiger partial charge in [0.25, 0.3) is 5.91 Å². The third-order valence-electron chi connectivity index (χ3n) is 2.87. The normalized spacial score (nSPS) is 12.2. The molecule has 0 unspecified atom stereocenters. The zero-order chi connectivity index (χ0) is 15.1. The molecule has 1 amide bonds. The number of hydrogen-bond acceptors (Lipinski definition) is 3. The first-order valence-corrected chi connectivity index (χ1v) is 7.06. The number of quaternary nitrogens is 1. The Kier molecular flexibility index (Phi) is 7.09. The second kappa shape index (κ2) is 8.32. The van der Waals surface area contributed by atoms with Crippen molar-refractivity contribution in [1.82, 2.24) is 0 Å². The van der Waals surface area contributed by atoms with Gasteiger partial charge in [0.15, 0.2) is 6.61 Å². The molecule has 5 nitrogen and oxygen atoms in total. The molecule has 0 spiro atoms. The number of amides is 1. The summed E-state index contributed by atoms with van der Waals surface area (Å²) in [5.41, 5.74) is 5.82. The number of carbonyl (C=O) groups is 1. The molecule has 7 heteroatoms. The minimum atomic E-state index is -0.576. The average molecular weight is 322 g/mol. The highest BCUT2D eigenvalue weighted by atomic mass is 35.5. The summed E-state index contributed by atoms with van der Waals surface area (Å²) < 4.78 is 5.34. The van der Waals surface area contributed by atoms with E-state index in [9.17, 15) is 9.90 Å². The van der Waals surface area contributed by atoms with Gasteiger partial charge in [-0.3, -0.25) is 4.79 Å². The monoisotopic (exact) mass is 321 g/mol. The van der Waals surface area contributed by atoms with Gasteiger partial charge in [0, 0.05) is 5.02 Å². The topological polar surface area (TPSA) is 89.2 Å². The quantitative estimate of drug-likeness (QED) is 0.658. The van der Waals surface area contributed by atoms with Crippen LogP contribution in [-0.2, 0) is 11.3 Å². The molecule has 0 aliphatic carbocycles. The highest BCUT2D eigenvalue weighted by molar-refractivity contribution is 6.35. The largest absolute Gasteiger partial charge is 0.482 e. The van der Waals surface area contributed by atoms with Crippen LogP contribution in [0.3, 0.4) is 0 Å². The number of benzene rings is 1. The van der Waals surface area contributed by atoms with Gasteiger partial charge in [0.1, 0.15) is 18.3 Å². The molecule has 0 aromatic heterocycles. The van der Waals surface area contributed by atoms with Crippen molar-refractivity contribution < 1.29 is 20.0 Å². The predicted octanol–water partition coefficient (Wildman–Crippen LogP) is 0.692. The lowest BCUT2D eigenvalue weighted by Gasteiger charge is -2.15. The average Bonchev–Trinajstić information content (AvgIpc) is 2.38. The Morgan fingerprint density at radius 3 is 2.75 bits per heavy atom. The second-order valence-electron chi connectivity index (χ2n) is 4.42. The molecule has 1 aromatic carbocycles. The van der Waals surface area contributed by atoms with Crippen LogP contribution in [0.1, 0.15) is 18.9 Å². The molecule has 0 saturated heterocycles. The van der Waals surface area contributed by atoms with Gasteiger partial charge in [-0.1, -0.05) is 30.1 Å². The Labute approximate surface area is 128 Å². The minimum absolute atomic E-state index is 0.0856. The standard InChI is InChI=1S/C13H18Cl2N2O3/c1-2-10(6-18)17-5-8-3-9(14)4-11(15)13(8)20-7-12(16)19/h3-4,10,17-18H,2,5-7H2,1H3,(H2,16,19)/p+1/t10-/m1/s1. The van der Waals surface area contributed by atoms with Gasteiger partial charge in [-0.15, -0.1) is 0 Å². The van der Waals surface area contributed by atoms with E-state index in [0.717, 1.165) is 12.0 Å². The van der Waals surface area contributed by atoms with E-state index in [1.807, 2.05) is 12.2 Å². The van der Waals surface area contributed by atoms with Crippen LogP contribution in [0.4, 0.5) is 0 Å². The lowest BCUT2D eigenvalue weighted by molar-refractivity contribution is -0.706. The maximum atomic E-state index is 10.8. The van der Waals surface area contributed by atoms with E-state index < -0.39 is 5.91 Å². The fourth-order valence-corrected chi connectivity index (χ4v) is 2.32. The Bertz CT molecular complexity index is 465. The number of carbonyl (C=O) groups excluding carboxylic acids is 1. The molecule has 1 rings (SSSR count). The fraction of sp³-hybridized carbons (Fsp3) is 0.462. The summed E-state index contributed by atoms with van der Waals surface area (Å²) in [6.45, 7) is 2.37. The minimum Gasteiger partial charge on any atom is -0.482 e. The van der Waals surface area contributed by atoms with Gasteiger partial charge in [-0.2, -0.15) is 0 Å². The Balaban J connectivity index is 2.88. The van der Waals surface area contributed by atoms with Crippen molar-refractivity contribution in [2.45, 2.75) is 25.9 Å². The van der Waals surface area contributed by atoms with Crippen LogP contribution in [0, 0.1) is 0 Å². The number of hydrogen-bond donors (Lipinski definition) is 3. The molecule has 1 aromatic rings. The van der Waals surface area contributed by atoms with Crippen LogP contribution in [0.5, 0.6) is 5.75 Å². The molecule has 0 saturated carbocycles. The van der Waals surface area contributed by atoms with Gasteiger partial charge in [-0.05, 0) is 18.6 Å². The Morgan fingerprint density at radius 1 is 1.50 bits per heavy atom. The number of rotatable bonds is 8. The van der Waals surface area contributed by atoms with Gasteiger partial charge < -0.3 is 20.9 Å². The van der Waals surface area contributed by atoms with Gasteiger partial charge in [-0.25, -0.2) is 0 Å². The predicted molar refractivity (Wildman–Crippen MR) is 77.9 cm³/mol. The summed E-state index contributed by atoms with van der Waals surface area (Å²) in [6, 6.07) is 3.37. The molecule has 112 valence electrons. The fourth-order valence-electron chi connectivity index (χ4n) is 1.73. The first-order valence-electron chi connectivity index (χ1n) is 6.31. The van der Waals surface area contributed by atoms with Gasteiger partial charge in [0.05, 0.1) is 17.2 Å². The summed E-state index contributed by atoms with van der Waals surface area (Å²) in [5, 5.41) is 12.0. The van der Waals surface area contributed by atoms with Crippen LogP contribution >= 0.6 is 23.2 Å². The van der Waals surface area contributed by atoms with Crippen LogP contribution < -0.4 is 15.8 Å². The van der Waals surface area contributed by atoms with Crippen LogP contribution in [-0.4, -0.2) is 30.3 Å². The number of halogens is 2. The first kappa shape index (κ1) is 17.0. The highest BCUT2D eigenvalue weighted by Crippen LogP contribution is 2.32. The van der Waals surface area contributed by atoms with Gasteiger partial charge >= 0.3 is 0 Å². The van der Waals surface area contributed by atoms with E-state index in [4.69, 9.17) is 33.7 Å². The van der Waals surface area contributed by atoms with Crippen molar-refractivity contribution in [3.8, 4) is 5.75 Å². The van der Waals surface area contributed by atoms with Crippen molar-refractivity contribution in [3.05, 3.63) is 27.7 Å². The van der Waals surface area contributed by atoms with Crippen LogP contribution in [0.25, 0.3) is 0 Å². The summed E-state index contributed by atoms with van der Waals surface area (Å²) in [6.07, 6.45) is 0.836. The summed E-state index contributed by atoms with van der Waals surface area (Å²) in [5.74, 6) is -0.174. The third kappa shape index (κ3) is 5.17. The summed E-state index contributed by atoms with van der Waals surface area (Å²) in [7, 11) is 0. The molecule has 0 bridgehead atoms.